The van der Waals surface area contributed by atoms with Crippen LogP contribution in [0.2, 0.25) is 0 Å². The molecule has 0 radical (unpaired) electrons. The average Bonchev–Trinajstić information content (AvgIpc) is 3.80. The lowest BCUT2D eigenvalue weighted by Gasteiger charge is -2.30. The van der Waals surface area contributed by atoms with E-state index in [0.29, 0.717) is 6.54 Å². The number of carbonyl (C=O) groups is 2. The first-order valence-electron chi connectivity index (χ1n) is 14.3. The molecule has 2 aliphatic rings. The van der Waals surface area contributed by atoms with Crippen molar-refractivity contribution in [2.24, 2.45) is 10.9 Å². The molecule has 1 fully saturated rings. The number of alkyl carbamates (subject to hydrolysis) is 1. The zero-order valence-electron chi connectivity index (χ0n) is 23.8. The SMILES string of the molecule is COC(=O)N[C@H](C(=O)N1CCC[C@H]1C1=Nc2ccc(-c3cc4sc(-c5ccc6cc[nH]c6c5)cc4s3)cc2C1)C(C)C. The summed E-state index contributed by atoms with van der Waals surface area (Å²) in [5.74, 6) is -0.120. The molecule has 2 aliphatic heterocycles. The Kier molecular flexibility index (Phi) is 6.86. The number of likely N-dealkylation sites (tertiary alicyclic amines) is 1. The zero-order chi connectivity index (χ0) is 29.0. The van der Waals surface area contributed by atoms with Crippen LogP contribution < -0.4 is 5.32 Å². The maximum Gasteiger partial charge on any atom is 0.407 e. The third-order valence-corrected chi connectivity index (χ3v) is 10.7. The van der Waals surface area contributed by atoms with Gasteiger partial charge in [0, 0.05) is 49.5 Å². The van der Waals surface area contributed by atoms with Gasteiger partial charge < -0.3 is 19.9 Å². The predicted octanol–water partition coefficient (Wildman–Crippen LogP) is 7.78. The quantitative estimate of drug-likeness (QED) is 0.210. The van der Waals surface area contributed by atoms with E-state index in [1.54, 1.807) is 0 Å². The molecule has 7 rings (SSSR count). The number of methoxy groups -OCH3 is 1. The van der Waals surface area contributed by atoms with Crippen molar-refractivity contribution in [3.8, 4) is 20.9 Å². The van der Waals surface area contributed by atoms with E-state index in [1.165, 1.54) is 48.3 Å². The fraction of sp³-hybridized carbons (Fsp3) is 0.303. The monoisotopic (exact) mass is 596 g/mol. The summed E-state index contributed by atoms with van der Waals surface area (Å²) >= 11 is 3.66. The fourth-order valence-electron chi connectivity index (χ4n) is 6.15. The van der Waals surface area contributed by atoms with Crippen molar-refractivity contribution in [1.29, 1.82) is 0 Å². The lowest BCUT2D eigenvalue weighted by atomic mass is 9.99. The molecule has 5 aromatic rings. The highest BCUT2D eigenvalue weighted by molar-refractivity contribution is 7.31. The Bertz CT molecular complexity index is 1830. The molecule has 1 saturated heterocycles. The molecule has 3 aromatic heterocycles. The van der Waals surface area contributed by atoms with Crippen molar-refractivity contribution in [3.05, 3.63) is 66.4 Å². The second kappa shape index (κ2) is 10.7. The summed E-state index contributed by atoms with van der Waals surface area (Å²) in [5.41, 5.74) is 6.82. The maximum atomic E-state index is 13.5. The predicted molar refractivity (Wildman–Crippen MR) is 172 cm³/mol. The Morgan fingerprint density at radius 3 is 2.50 bits per heavy atom. The minimum absolute atomic E-state index is 0.0512. The number of aromatic nitrogens is 1. The lowest BCUT2D eigenvalue weighted by molar-refractivity contribution is -0.134. The Morgan fingerprint density at radius 2 is 1.76 bits per heavy atom. The van der Waals surface area contributed by atoms with Gasteiger partial charge in [0.1, 0.15) is 6.04 Å². The minimum atomic E-state index is -0.626. The lowest BCUT2D eigenvalue weighted by Crippen LogP contribution is -2.53. The highest BCUT2D eigenvalue weighted by Crippen LogP contribution is 2.43. The number of hydrogen-bond donors (Lipinski definition) is 2. The van der Waals surface area contributed by atoms with Gasteiger partial charge in [0.15, 0.2) is 0 Å². The zero-order valence-corrected chi connectivity index (χ0v) is 25.4. The normalized spacial score (nSPS) is 17.2. The number of nitrogens with zero attached hydrogens (tertiary/aromatic N) is 2. The Labute approximate surface area is 252 Å². The van der Waals surface area contributed by atoms with E-state index in [0.717, 1.165) is 36.2 Å². The summed E-state index contributed by atoms with van der Waals surface area (Å²) in [5, 5.41) is 3.96. The smallest absolute Gasteiger partial charge is 0.407 e. The van der Waals surface area contributed by atoms with Crippen molar-refractivity contribution in [2.45, 2.75) is 45.2 Å². The molecule has 2 atom stereocenters. The van der Waals surface area contributed by atoms with Crippen molar-refractivity contribution in [1.82, 2.24) is 15.2 Å². The van der Waals surface area contributed by atoms with Crippen LogP contribution in [0.4, 0.5) is 10.5 Å². The number of ether oxygens (including phenoxy) is 1. The number of fused-ring (bicyclic) bond motifs is 3. The van der Waals surface area contributed by atoms with E-state index < -0.39 is 12.1 Å². The number of benzene rings is 2. The summed E-state index contributed by atoms with van der Waals surface area (Å²) in [6.45, 7) is 4.54. The van der Waals surface area contributed by atoms with Gasteiger partial charge in [-0.15, -0.1) is 22.7 Å². The number of aromatic amines is 1. The van der Waals surface area contributed by atoms with Crippen molar-refractivity contribution >= 4 is 66.4 Å². The standard InChI is InChI=1S/C33H32N4O3S2/c1-18(2)31(36-33(39)40-3)32(38)37-12-4-5-26(37)25-15-22-13-20(8-9-23(22)35-25)27-16-29-30(41-27)17-28(42-29)21-7-6-19-10-11-34-24(19)14-21/h6-11,13-14,16-18,26,31,34H,4-5,12,15H2,1-3H3,(H,36,39)/t26-,31-/m0/s1. The molecule has 0 spiro atoms. The van der Waals surface area contributed by atoms with Crippen LogP contribution in [0.3, 0.4) is 0 Å². The molecule has 0 saturated carbocycles. The fourth-order valence-corrected chi connectivity index (χ4v) is 8.54. The highest BCUT2D eigenvalue weighted by Gasteiger charge is 2.38. The van der Waals surface area contributed by atoms with Crippen molar-refractivity contribution in [2.75, 3.05) is 13.7 Å². The summed E-state index contributed by atoms with van der Waals surface area (Å²) in [6.07, 6.45) is 3.94. The minimum Gasteiger partial charge on any atom is -0.453 e. The van der Waals surface area contributed by atoms with Gasteiger partial charge in [-0.05, 0) is 77.2 Å². The van der Waals surface area contributed by atoms with Crippen LogP contribution in [0.1, 0.15) is 32.3 Å². The number of carbonyl (C=O) groups excluding carboxylic acids is 2. The molecule has 0 aliphatic carbocycles. The first-order valence-corrected chi connectivity index (χ1v) is 16.0. The van der Waals surface area contributed by atoms with E-state index in [9.17, 15) is 9.59 Å². The summed E-state index contributed by atoms with van der Waals surface area (Å²) in [6, 6.07) is 19.1. The van der Waals surface area contributed by atoms with Crippen LogP contribution >= 0.6 is 22.7 Å². The van der Waals surface area contributed by atoms with Crippen molar-refractivity contribution < 1.29 is 14.3 Å². The molecule has 2 aromatic carbocycles. The van der Waals surface area contributed by atoms with Crippen LogP contribution in [0.15, 0.2) is 65.8 Å². The Balaban J connectivity index is 1.08. The topological polar surface area (TPSA) is 86.8 Å². The van der Waals surface area contributed by atoms with E-state index in [2.05, 4.69) is 64.9 Å². The van der Waals surface area contributed by atoms with Gasteiger partial charge in [0.05, 0.1) is 18.8 Å². The third-order valence-electron chi connectivity index (χ3n) is 8.36. The Morgan fingerprint density at radius 1 is 1.02 bits per heavy atom. The van der Waals surface area contributed by atoms with Crippen LogP contribution in [-0.4, -0.2) is 53.3 Å². The number of aliphatic imine (C=N–C) groups is 1. The van der Waals surface area contributed by atoms with Crippen LogP contribution in [-0.2, 0) is 16.0 Å². The molecule has 0 unspecified atom stereocenters. The second-order valence-corrected chi connectivity index (χ2v) is 13.6. The van der Waals surface area contributed by atoms with Crippen molar-refractivity contribution in [3.63, 3.8) is 0 Å². The van der Waals surface area contributed by atoms with Crippen LogP contribution in [0.25, 0.3) is 41.2 Å². The summed E-state index contributed by atoms with van der Waals surface area (Å²) in [7, 11) is 1.32. The van der Waals surface area contributed by atoms with Gasteiger partial charge >= 0.3 is 6.09 Å². The summed E-state index contributed by atoms with van der Waals surface area (Å²) < 4.78 is 7.37. The number of H-pyrrole nitrogens is 1. The molecular weight excluding hydrogens is 565 g/mol. The van der Waals surface area contributed by atoms with Gasteiger partial charge in [-0.3, -0.25) is 9.79 Å². The number of rotatable bonds is 6. The van der Waals surface area contributed by atoms with Crippen LogP contribution in [0.5, 0.6) is 0 Å². The van der Waals surface area contributed by atoms with E-state index in [1.807, 2.05) is 47.6 Å². The molecule has 7 nitrogen and oxygen atoms in total. The van der Waals surface area contributed by atoms with E-state index in [-0.39, 0.29) is 17.9 Å². The molecule has 2 amide bonds. The third kappa shape index (κ3) is 4.80. The molecule has 9 heteroatoms. The number of nitrogens with one attached hydrogen (secondary N) is 2. The molecule has 5 heterocycles. The Hall–Kier alpha value is -3.95. The summed E-state index contributed by atoms with van der Waals surface area (Å²) in [4.78, 5) is 38.2. The van der Waals surface area contributed by atoms with Gasteiger partial charge in [0.2, 0.25) is 5.91 Å². The second-order valence-electron chi connectivity index (χ2n) is 11.4. The van der Waals surface area contributed by atoms with E-state index >= 15 is 0 Å². The van der Waals surface area contributed by atoms with Gasteiger partial charge in [-0.25, -0.2) is 4.79 Å². The van der Waals surface area contributed by atoms with E-state index in [4.69, 9.17) is 9.73 Å². The van der Waals surface area contributed by atoms with Gasteiger partial charge in [-0.1, -0.05) is 32.0 Å². The van der Waals surface area contributed by atoms with Gasteiger partial charge in [0.25, 0.3) is 0 Å². The molecule has 214 valence electrons. The van der Waals surface area contributed by atoms with Crippen LogP contribution in [0, 0.1) is 5.92 Å². The molecule has 0 bridgehead atoms. The number of amides is 2. The first-order chi connectivity index (χ1) is 20.4. The number of thiophene rings is 2. The largest absolute Gasteiger partial charge is 0.453 e. The highest BCUT2D eigenvalue weighted by atomic mass is 32.1. The molecular formula is C33H32N4O3S2. The average molecular weight is 597 g/mol. The molecule has 2 N–H and O–H groups in total. The molecule has 42 heavy (non-hydrogen) atoms. The number of hydrogen-bond acceptors (Lipinski definition) is 6. The maximum absolute atomic E-state index is 13.5. The van der Waals surface area contributed by atoms with Gasteiger partial charge in [-0.2, -0.15) is 0 Å². The first kappa shape index (κ1) is 26.9.